The first-order valence-corrected chi connectivity index (χ1v) is 8.05. The molecule has 1 fully saturated rings. The summed E-state index contributed by atoms with van der Waals surface area (Å²) in [5.41, 5.74) is 0.356. The molecule has 2 atom stereocenters. The summed E-state index contributed by atoms with van der Waals surface area (Å²) in [4.78, 5) is 29.8. The molecule has 0 spiro atoms. The number of hydrogen-bond acceptors (Lipinski definition) is 4. The van der Waals surface area contributed by atoms with Gasteiger partial charge in [-0.05, 0) is 25.5 Å². The molecule has 2 aromatic rings. The smallest absolute Gasteiger partial charge is 0.308 e. The van der Waals surface area contributed by atoms with E-state index in [2.05, 4.69) is 4.98 Å². The zero-order valence-corrected chi connectivity index (χ0v) is 13.2. The fourth-order valence-electron chi connectivity index (χ4n) is 2.83. The van der Waals surface area contributed by atoms with Crippen molar-refractivity contribution in [3.8, 4) is 10.6 Å². The molecule has 3 rings (SSSR count). The van der Waals surface area contributed by atoms with E-state index in [1.165, 1.54) is 12.3 Å². The van der Waals surface area contributed by atoms with Crippen molar-refractivity contribution in [1.29, 1.82) is 0 Å². The molecule has 1 amide bonds. The number of carboxylic acid groups (broad SMARTS) is 1. The molecule has 120 valence electrons. The van der Waals surface area contributed by atoms with Crippen molar-refractivity contribution in [2.45, 2.75) is 19.4 Å². The van der Waals surface area contributed by atoms with Gasteiger partial charge in [0.1, 0.15) is 15.7 Å². The van der Waals surface area contributed by atoms with Crippen LogP contribution in [0.2, 0.25) is 0 Å². The van der Waals surface area contributed by atoms with Gasteiger partial charge in [0.2, 0.25) is 0 Å². The van der Waals surface area contributed by atoms with Crippen molar-refractivity contribution < 1.29 is 19.1 Å². The van der Waals surface area contributed by atoms with Gasteiger partial charge in [-0.25, -0.2) is 9.37 Å². The number of benzene rings is 1. The molecule has 2 unspecified atom stereocenters. The van der Waals surface area contributed by atoms with Gasteiger partial charge in [0, 0.05) is 18.2 Å². The second-order valence-corrected chi connectivity index (χ2v) is 6.51. The summed E-state index contributed by atoms with van der Waals surface area (Å²) >= 11 is 1.12. The molecule has 1 N–H and O–H groups in total. The minimum Gasteiger partial charge on any atom is -0.481 e. The summed E-state index contributed by atoms with van der Waals surface area (Å²) in [6.07, 6.45) is 1.87. The first-order valence-electron chi connectivity index (χ1n) is 7.23. The predicted molar refractivity (Wildman–Crippen MR) is 83.7 cm³/mol. The summed E-state index contributed by atoms with van der Waals surface area (Å²) in [5.74, 6) is -2.07. The van der Waals surface area contributed by atoms with Crippen LogP contribution in [-0.2, 0) is 4.79 Å². The molecule has 0 aliphatic carbocycles. The second kappa shape index (κ2) is 6.08. The molecule has 1 aliphatic heterocycles. The third-order valence-corrected chi connectivity index (χ3v) is 5.17. The standard InChI is InChI=1S/C16H15FN2O3S/c1-9-10(16(21)22)6-7-19(9)15(20)13-8-18-14(23-13)11-4-2-3-5-12(11)17/h2-5,8-10H,6-7H2,1H3,(H,21,22). The number of aliphatic carboxylic acids is 1. The van der Waals surface area contributed by atoms with E-state index in [-0.39, 0.29) is 17.8 Å². The molecular formula is C16H15FN2O3S. The third-order valence-electron chi connectivity index (χ3n) is 4.15. The molecule has 1 aromatic heterocycles. The number of likely N-dealkylation sites (tertiary alicyclic amines) is 1. The summed E-state index contributed by atoms with van der Waals surface area (Å²) in [5, 5.41) is 9.59. The van der Waals surface area contributed by atoms with Crippen LogP contribution >= 0.6 is 11.3 Å². The number of amides is 1. The number of nitrogens with zero attached hydrogens (tertiary/aromatic N) is 2. The Labute approximate surface area is 136 Å². The van der Waals surface area contributed by atoms with E-state index in [0.717, 1.165) is 11.3 Å². The van der Waals surface area contributed by atoms with Crippen LogP contribution in [-0.4, -0.2) is 39.5 Å². The number of aromatic nitrogens is 1. The summed E-state index contributed by atoms with van der Waals surface area (Å²) < 4.78 is 13.8. The van der Waals surface area contributed by atoms with Gasteiger partial charge in [0.05, 0.1) is 12.1 Å². The average molecular weight is 334 g/mol. The van der Waals surface area contributed by atoms with Crippen molar-refractivity contribution in [2.75, 3.05) is 6.54 Å². The van der Waals surface area contributed by atoms with Crippen molar-refractivity contribution in [2.24, 2.45) is 5.92 Å². The number of carbonyl (C=O) groups excluding carboxylic acids is 1. The van der Waals surface area contributed by atoms with E-state index >= 15 is 0 Å². The SMILES string of the molecule is CC1C(C(=O)O)CCN1C(=O)c1cnc(-c2ccccc2F)s1. The summed E-state index contributed by atoms with van der Waals surface area (Å²) in [6, 6.07) is 5.90. The number of halogens is 1. The Balaban J connectivity index is 1.82. The fourth-order valence-corrected chi connectivity index (χ4v) is 3.73. The number of carbonyl (C=O) groups is 2. The number of hydrogen-bond donors (Lipinski definition) is 1. The molecule has 5 nitrogen and oxygen atoms in total. The van der Waals surface area contributed by atoms with Crippen LogP contribution in [0.1, 0.15) is 23.0 Å². The highest BCUT2D eigenvalue weighted by atomic mass is 32.1. The molecule has 0 saturated carbocycles. The molecule has 0 bridgehead atoms. The maximum atomic E-state index is 13.8. The normalized spacial score (nSPS) is 20.7. The molecule has 2 heterocycles. The molecule has 7 heteroatoms. The first-order chi connectivity index (χ1) is 11.0. The monoisotopic (exact) mass is 334 g/mol. The fraction of sp³-hybridized carbons (Fsp3) is 0.312. The zero-order valence-electron chi connectivity index (χ0n) is 12.4. The lowest BCUT2D eigenvalue weighted by Crippen LogP contribution is -2.37. The van der Waals surface area contributed by atoms with E-state index in [1.807, 2.05) is 0 Å². The number of rotatable bonds is 3. The number of thiazole rings is 1. The van der Waals surface area contributed by atoms with E-state index in [9.17, 15) is 14.0 Å². The van der Waals surface area contributed by atoms with Crippen molar-refractivity contribution in [3.63, 3.8) is 0 Å². The minimum absolute atomic E-state index is 0.249. The van der Waals surface area contributed by atoms with Crippen LogP contribution in [0.15, 0.2) is 30.5 Å². The van der Waals surface area contributed by atoms with E-state index < -0.39 is 11.9 Å². The highest BCUT2D eigenvalue weighted by molar-refractivity contribution is 7.16. The molecule has 0 radical (unpaired) electrons. The maximum absolute atomic E-state index is 13.8. The van der Waals surface area contributed by atoms with Crippen LogP contribution in [0.3, 0.4) is 0 Å². The lowest BCUT2D eigenvalue weighted by Gasteiger charge is -2.22. The Bertz CT molecular complexity index is 761. The van der Waals surface area contributed by atoms with Crippen molar-refractivity contribution in [3.05, 3.63) is 41.2 Å². The average Bonchev–Trinajstić information content (AvgIpc) is 3.14. The van der Waals surface area contributed by atoms with Crippen LogP contribution in [0.4, 0.5) is 4.39 Å². The molecule has 1 aliphatic rings. The Kier molecular flexibility index (Phi) is 4.12. The minimum atomic E-state index is -0.885. The summed E-state index contributed by atoms with van der Waals surface area (Å²) in [6.45, 7) is 2.15. The van der Waals surface area contributed by atoms with Gasteiger partial charge in [-0.1, -0.05) is 12.1 Å². The van der Waals surface area contributed by atoms with Crippen molar-refractivity contribution in [1.82, 2.24) is 9.88 Å². The maximum Gasteiger partial charge on any atom is 0.308 e. The molecular weight excluding hydrogens is 319 g/mol. The van der Waals surface area contributed by atoms with Gasteiger partial charge < -0.3 is 10.0 Å². The van der Waals surface area contributed by atoms with Crippen LogP contribution < -0.4 is 0 Å². The van der Waals surface area contributed by atoms with Crippen LogP contribution in [0.25, 0.3) is 10.6 Å². The Morgan fingerprint density at radius 2 is 2.13 bits per heavy atom. The lowest BCUT2D eigenvalue weighted by molar-refractivity contribution is -0.142. The lowest BCUT2D eigenvalue weighted by atomic mass is 10.0. The molecule has 23 heavy (non-hydrogen) atoms. The Morgan fingerprint density at radius 1 is 1.39 bits per heavy atom. The largest absolute Gasteiger partial charge is 0.481 e. The Hall–Kier alpha value is -2.28. The van der Waals surface area contributed by atoms with E-state index in [4.69, 9.17) is 5.11 Å². The highest BCUT2D eigenvalue weighted by Gasteiger charge is 2.38. The van der Waals surface area contributed by atoms with Crippen molar-refractivity contribution >= 4 is 23.2 Å². The van der Waals surface area contributed by atoms with Gasteiger partial charge in [-0.2, -0.15) is 0 Å². The predicted octanol–water partition coefficient (Wildman–Crippen LogP) is 2.88. The topological polar surface area (TPSA) is 70.5 Å². The van der Waals surface area contributed by atoms with Crippen LogP contribution in [0, 0.1) is 11.7 Å². The quantitative estimate of drug-likeness (QED) is 0.937. The molecule has 1 saturated heterocycles. The number of carboxylic acids is 1. The van der Waals surface area contributed by atoms with Crippen LogP contribution in [0.5, 0.6) is 0 Å². The van der Waals surface area contributed by atoms with E-state index in [0.29, 0.717) is 28.4 Å². The Morgan fingerprint density at radius 3 is 2.78 bits per heavy atom. The third kappa shape index (κ3) is 2.84. The second-order valence-electron chi connectivity index (χ2n) is 5.48. The first kappa shape index (κ1) is 15.6. The van der Waals surface area contributed by atoms with Gasteiger partial charge in [-0.15, -0.1) is 11.3 Å². The van der Waals surface area contributed by atoms with Gasteiger partial charge in [0.25, 0.3) is 5.91 Å². The van der Waals surface area contributed by atoms with E-state index in [1.54, 1.807) is 30.0 Å². The zero-order chi connectivity index (χ0) is 16.6. The van der Waals surface area contributed by atoms with Gasteiger partial charge in [-0.3, -0.25) is 9.59 Å². The summed E-state index contributed by atoms with van der Waals surface area (Å²) in [7, 11) is 0. The van der Waals surface area contributed by atoms with Gasteiger partial charge >= 0.3 is 5.97 Å². The van der Waals surface area contributed by atoms with Gasteiger partial charge in [0.15, 0.2) is 0 Å². The highest BCUT2D eigenvalue weighted by Crippen LogP contribution is 2.31. The molecule has 1 aromatic carbocycles.